The maximum absolute atomic E-state index is 14.1. The molecule has 3 aromatic rings. The molecule has 0 radical (unpaired) electrons. The first-order valence-electron chi connectivity index (χ1n) is 12.8. The fourth-order valence-corrected chi connectivity index (χ4v) is 6.53. The molecule has 1 saturated heterocycles. The second-order valence-electron chi connectivity index (χ2n) is 10.9. The molecule has 0 spiro atoms. The van der Waals surface area contributed by atoms with Crippen LogP contribution in [0.15, 0.2) is 66.7 Å². The van der Waals surface area contributed by atoms with Gasteiger partial charge in [0.25, 0.3) is 0 Å². The SMILES string of the molecule is CC(C)(C)c1ccc(C(=O)c2cccc(NC(=O)C3CCN(S(=O)(=O)Cc4c(F)cccc4Cl)CC3)c2)cc1. The minimum Gasteiger partial charge on any atom is -0.326 e. The lowest BCUT2D eigenvalue weighted by Crippen LogP contribution is -2.42. The van der Waals surface area contributed by atoms with Gasteiger partial charge >= 0.3 is 0 Å². The predicted molar refractivity (Wildman–Crippen MR) is 152 cm³/mol. The highest BCUT2D eigenvalue weighted by Crippen LogP contribution is 2.27. The number of piperidine rings is 1. The van der Waals surface area contributed by atoms with Gasteiger partial charge in [0.1, 0.15) is 5.82 Å². The van der Waals surface area contributed by atoms with Gasteiger partial charge in [0.05, 0.1) is 5.75 Å². The molecule has 0 saturated carbocycles. The van der Waals surface area contributed by atoms with Crippen molar-refractivity contribution < 1.29 is 22.4 Å². The van der Waals surface area contributed by atoms with Gasteiger partial charge in [-0.05, 0) is 48.1 Å². The number of ketones is 1. The third-order valence-corrected chi connectivity index (χ3v) is 9.17. The van der Waals surface area contributed by atoms with Crippen LogP contribution in [0, 0.1) is 11.7 Å². The number of sulfonamides is 1. The van der Waals surface area contributed by atoms with Gasteiger partial charge < -0.3 is 5.32 Å². The van der Waals surface area contributed by atoms with E-state index in [1.165, 1.54) is 22.5 Å². The van der Waals surface area contributed by atoms with Crippen LogP contribution < -0.4 is 5.32 Å². The maximum Gasteiger partial charge on any atom is 0.227 e. The number of carbonyl (C=O) groups is 2. The first-order valence-corrected chi connectivity index (χ1v) is 14.8. The highest BCUT2D eigenvalue weighted by molar-refractivity contribution is 7.88. The highest BCUT2D eigenvalue weighted by Gasteiger charge is 2.32. The summed E-state index contributed by atoms with van der Waals surface area (Å²) in [5.41, 5.74) is 2.59. The van der Waals surface area contributed by atoms with Crippen molar-refractivity contribution in [2.75, 3.05) is 18.4 Å². The average Bonchev–Trinajstić information content (AvgIpc) is 2.90. The molecule has 0 bridgehead atoms. The Morgan fingerprint density at radius 3 is 2.23 bits per heavy atom. The number of halogens is 2. The second kappa shape index (κ2) is 11.6. The van der Waals surface area contributed by atoms with E-state index in [2.05, 4.69) is 26.1 Å². The fourth-order valence-electron chi connectivity index (χ4n) is 4.61. The summed E-state index contributed by atoms with van der Waals surface area (Å²) in [6, 6.07) is 18.4. The van der Waals surface area contributed by atoms with Crippen molar-refractivity contribution in [2.45, 2.75) is 44.8 Å². The molecule has 9 heteroatoms. The van der Waals surface area contributed by atoms with Gasteiger partial charge in [-0.15, -0.1) is 0 Å². The van der Waals surface area contributed by atoms with E-state index in [-0.39, 0.29) is 40.8 Å². The molecular formula is C30H32ClFN2O4S. The Labute approximate surface area is 234 Å². The molecule has 1 amide bonds. The number of rotatable bonds is 7. The lowest BCUT2D eigenvalue weighted by atomic mass is 9.86. The van der Waals surface area contributed by atoms with Crippen molar-refractivity contribution >= 4 is 39.0 Å². The molecular weight excluding hydrogens is 539 g/mol. The van der Waals surface area contributed by atoms with Crippen LogP contribution >= 0.6 is 11.6 Å². The number of anilines is 1. The Morgan fingerprint density at radius 2 is 1.62 bits per heavy atom. The van der Waals surface area contributed by atoms with Gasteiger partial charge in [-0.3, -0.25) is 9.59 Å². The van der Waals surface area contributed by atoms with Gasteiger partial charge in [-0.25, -0.2) is 17.1 Å². The molecule has 1 heterocycles. The summed E-state index contributed by atoms with van der Waals surface area (Å²) in [7, 11) is -3.80. The number of nitrogens with one attached hydrogen (secondary N) is 1. The Balaban J connectivity index is 1.36. The molecule has 3 aromatic carbocycles. The highest BCUT2D eigenvalue weighted by atomic mass is 35.5. The van der Waals surface area contributed by atoms with E-state index in [9.17, 15) is 22.4 Å². The Bertz CT molecular complexity index is 1460. The van der Waals surface area contributed by atoms with Crippen LogP contribution in [0.3, 0.4) is 0 Å². The lowest BCUT2D eigenvalue weighted by molar-refractivity contribution is -0.120. The van der Waals surface area contributed by atoms with Gasteiger partial charge in [0, 0.05) is 46.4 Å². The average molecular weight is 571 g/mol. The normalized spacial score (nSPS) is 15.2. The monoisotopic (exact) mass is 570 g/mol. The zero-order chi connectivity index (χ0) is 28.4. The summed E-state index contributed by atoms with van der Waals surface area (Å²) < 4.78 is 41.2. The quantitative estimate of drug-likeness (QED) is 0.343. The summed E-state index contributed by atoms with van der Waals surface area (Å²) in [5.74, 6) is -1.96. The largest absolute Gasteiger partial charge is 0.326 e. The van der Waals surface area contributed by atoms with Crippen LogP contribution in [-0.2, 0) is 26.0 Å². The van der Waals surface area contributed by atoms with Gasteiger partial charge in [0.15, 0.2) is 5.78 Å². The number of hydrogen-bond donors (Lipinski definition) is 1. The first-order chi connectivity index (χ1) is 18.3. The number of amides is 1. The molecule has 206 valence electrons. The molecule has 6 nitrogen and oxygen atoms in total. The van der Waals surface area contributed by atoms with E-state index in [4.69, 9.17) is 11.6 Å². The maximum atomic E-state index is 14.1. The smallest absolute Gasteiger partial charge is 0.227 e. The topological polar surface area (TPSA) is 83.6 Å². The van der Waals surface area contributed by atoms with Crippen molar-refractivity contribution in [3.63, 3.8) is 0 Å². The first kappa shape index (κ1) is 28.9. The zero-order valence-corrected chi connectivity index (χ0v) is 23.8. The molecule has 0 unspecified atom stereocenters. The Morgan fingerprint density at radius 1 is 0.974 bits per heavy atom. The Kier molecular flexibility index (Phi) is 8.59. The number of hydrogen-bond acceptors (Lipinski definition) is 4. The molecule has 1 aliphatic heterocycles. The fraction of sp³-hybridized carbons (Fsp3) is 0.333. The number of carbonyl (C=O) groups excluding carboxylic acids is 2. The van der Waals surface area contributed by atoms with E-state index in [0.29, 0.717) is 29.7 Å². The third-order valence-electron chi connectivity index (χ3n) is 7.01. The van der Waals surface area contributed by atoms with Crippen molar-refractivity contribution in [2.24, 2.45) is 5.92 Å². The molecule has 1 aliphatic rings. The molecule has 0 aromatic heterocycles. The molecule has 0 aliphatic carbocycles. The van der Waals surface area contributed by atoms with Crippen LogP contribution in [0.4, 0.5) is 10.1 Å². The van der Waals surface area contributed by atoms with Gasteiger partial charge in [-0.2, -0.15) is 0 Å². The van der Waals surface area contributed by atoms with E-state index in [1.54, 1.807) is 24.3 Å². The van der Waals surface area contributed by atoms with Crippen molar-refractivity contribution in [3.05, 3.63) is 99.8 Å². The molecule has 4 rings (SSSR count). The van der Waals surface area contributed by atoms with Crippen molar-refractivity contribution in [1.82, 2.24) is 4.31 Å². The minimum atomic E-state index is -3.80. The summed E-state index contributed by atoms with van der Waals surface area (Å²) in [5, 5.41) is 2.93. The summed E-state index contributed by atoms with van der Waals surface area (Å²) in [4.78, 5) is 26.0. The zero-order valence-electron chi connectivity index (χ0n) is 22.2. The van der Waals surface area contributed by atoms with E-state index in [1.807, 2.05) is 24.3 Å². The van der Waals surface area contributed by atoms with Crippen molar-refractivity contribution in [3.8, 4) is 0 Å². The number of nitrogens with zero attached hydrogens (tertiary/aromatic N) is 1. The van der Waals surface area contributed by atoms with E-state index >= 15 is 0 Å². The van der Waals surface area contributed by atoms with E-state index in [0.717, 1.165) is 5.56 Å². The summed E-state index contributed by atoms with van der Waals surface area (Å²) in [6.07, 6.45) is 0.656. The van der Waals surface area contributed by atoms with E-state index < -0.39 is 27.5 Å². The standard InChI is InChI=1S/C30H32ClFN2O4S/c1-30(2,3)23-12-10-20(11-13-23)28(35)22-6-4-7-24(18-22)33-29(36)21-14-16-34(17-15-21)39(37,38)19-25-26(31)8-5-9-27(25)32/h4-13,18,21H,14-17,19H2,1-3H3,(H,33,36). The van der Waals surface area contributed by atoms with Crippen LogP contribution in [0.2, 0.25) is 5.02 Å². The summed E-state index contributed by atoms with van der Waals surface area (Å²) in [6.45, 7) is 6.63. The van der Waals surface area contributed by atoms with Crippen LogP contribution in [0.5, 0.6) is 0 Å². The van der Waals surface area contributed by atoms with Crippen LogP contribution in [-0.4, -0.2) is 37.5 Å². The van der Waals surface area contributed by atoms with Crippen LogP contribution in [0.1, 0.15) is 60.7 Å². The molecule has 0 atom stereocenters. The predicted octanol–water partition coefficient (Wildman–Crippen LogP) is 6.19. The van der Waals surface area contributed by atoms with Crippen LogP contribution in [0.25, 0.3) is 0 Å². The van der Waals surface area contributed by atoms with Crippen molar-refractivity contribution in [1.29, 1.82) is 0 Å². The molecule has 1 N–H and O–H groups in total. The minimum absolute atomic E-state index is 0.0142. The summed E-state index contributed by atoms with van der Waals surface area (Å²) >= 11 is 6.01. The lowest BCUT2D eigenvalue weighted by Gasteiger charge is -2.30. The Hall–Kier alpha value is -3.07. The molecule has 39 heavy (non-hydrogen) atoms. The second-order valence-corrected chi connectivity index (χ2v) is 13.2. The van der Waals surface area contributed by atoms with Gasteiger partial charge in [-0.1, -0.05) is 74.8 Å². The third kappa shape index (κ3) is 6.93. The number of benzene rings is 3. The van der Waals surface area contributed by atoms with Gasteiger partial charge in [0.2, 0.25) is 15.9 Å². The molecule has 1 fully saturated rings.